The van der Waals surface area contributed by atoms with Crippen molar-refractivity contribution in [1.82, 2.24) is 0 Å². The first-order valence-electron chi connectivity index (χ1n) is 6.12. The average Bonchev–Trinajstić information content (AvgIpc) is 2.28. The van der Waals surface area contributed by atoms with Crippen molar-refractivity contribution >= 4 is 0 Å². The second kappa shape index (κ2) is 6.54. The van der Waals surface area contributed by atoms with E-state index in [-0.39, 0.29) is 0 Å². The van der Waals surface area contributed by atoms with Gasteiger partial charge in [0.1, 0.15) is 5.75 Å². The molecule has 0 amide bonds. The van der Waals surface area contributed by atoms with Crippen LogP contribution in [0, 0.1) is 13.8 Å². The van der Waals surface area contributed by atoms with E-state index in [9.17, 15) is 0 Å². The van der Waals surface area contributed by atoms with Crippen LogP contribution in [0.15, 0.2) is 12.1 Å². The van der Waals surface area contributed by atoms with Crippen LogP contribution in [0.2, 0.25) is 0 Å². The number of hydrogen-bond donors (Lipinski definition) is 1. The zero-order chi connectivity index (χ0) is 12.0. The Morgan fingerprint density at radius 3 is 2.56 bits per heavy atom. The van der Waals surface area contributed by atoms with Gasteiger partial charge in [-0.1, -0.05) is 19.4 Å². The molecule has 2 N–H and O–H groups in total. The Hall–Kier alpha value is -1.02. The number of rotatable bonds is 6. The lowest BCUT2D eigenvalue weighted by Gasteiger charge is -2.14. The number of hydrogen-bond acceptors (Lipinski definition) is 2. The third-order valence-electron chi connectivity index (χ3n) is 3.02. The monoisotopic (exact) mass is 221 g/mol. The highest BCUT2D eigenvalue weighted by atomic mass is 16.5. The molecule has 1 aromatic rings. The van der Waals surface area contributed by atoms with Gasteiger partial charge in [-0.15, -0.1) is 0 Å². The van der Waals surface area contributed by atoms with Crippen LogP contribution in [0.5, 0.6) is 5.75 Å². The Kier molecular flexibility index (Phi) is 5.33. The molecule has 1 aromatic carbocycles. The van der Waals surface area contributed by atoms with Gasteiger partial charge in [0.25, 0.3) is 0 Å². The first-order valence-corrected chi connectivity index (χ1v) is 6.12. The minimum Gasteiger partial charge on any atom is -0.493 e. The molecule has 0 spiro atoms. The standard InChI is InChI=1S/C14H23NO/c1-4-5-10-16-14-7-6-13(8-9-15)11(2)12(14)3/h6-7H,4-5,8-10,15H2,1-3H3. The van der Waals surface area contributed by atoms with E-state index < -0.39 is 0 Å². The van der Waals surface area contributed by atoms with Gasteiger partial charge in [0, 0.05) is 0 Å². The number of ether oxygens (including phenoxy) is 1. The number of benzene rings is 1. The van der Waals surface area contributed by atoms with Crippen LogP contribution in [0.3, 0.4) is 0 Å². The summed E-state index contributed by atoms with van der Waals surface area (Å²) in [5, 5.41) is 0. The average molecular weight is 221 g/mol. The second-order valence-corrected chi connectivity index (χ2v) is 4.21. The Labute approximate surface area is 98.8 Å². The lowest BCUT2D eigenvalue weighted by molar-refractivity contribution is 0.307. The summed E-state index contributed by atoms with van der Waals surface area (Å²) in [6.45, 7) is 7.96. The Morgan fingerprint density at radius 2 is 1.94 bits per heavy atom. The van der Waals surface area contributed by atoms with Crippen LogP contribution < -0.4 is 10.5 Å². The quantitative estimate of drug-likeness (QED) is 0.749. The van der Waals surface area contributed by atoms with E-state index in [1.54, 1.807) is 0 Å². The molecule has 0 unspecified atom stereocenters. The van der Waals surface area contributed by atoms with Crippen molar-refractivity contribution in [1.29, 1.82) is 0 Å². The van der Waals surface area contributed by atoms with Gasteiger partial charge in [0.2, 0.25) is 0 Å². The van der Waals surface area contributed by atoms with E-state index >= 15 is 0 Å². The van der Waals surface area contributed by atoms with Crippen molar-refractivity contribution < 1.29 is 4.74 Å². The lowest BCUT2D eigenvalue weighted by Crippen LogP contribution is -2.06. The molecule has 0 saturated carbocycles. The summed E-state index contributed by atoms with van der Waals surface area (Å²) in [4.78, 5) is 0. The van der Waals surface area contributed by atoms with Crippen molar-refractivity contribution in [2.45, 2.75) is 40.0 Å². The molecule has 0 saturated heterocycles. The second-order valence-electron chi connectivity index (χ2n) is 4.21. The van der Waals surface area contributed by atoms with Crippen LogP contribution in [-0.2, 0) is 6.42 Å². The topological polar surface area (TPSA) is 35.2 Å². The maximum absolute atomic E-state index is 5.76. The van der Waals surface area contributed by atoms with E-state index in [1.165, 1.54) is 23.1 Å². The van der Waals surface area contributed by atoms with Gasteiger partial charge in [-0.05, 0) is 56.0 Å². The van der Waals surface area contributed by atoms with Gasteiger partial charge in [0.05, 0.1) is 6.61 Å². The largest absolute Gasteiger partial charge is 0.493 e. The molecule has 2 heteroatoms. The van der Waals surface area contributed by atoms with Crippen molar-refractivity contribution in [3.8, 4) is 5.75 Å². The van der Waals surface area contributed by atoms with Crippen LogP contribution in [0.25, 0.3) is 0 Å². The molecule has 0 bridgehead atoms. The summed E-state index contributed by atoms with van der Waals surface area (Å²) in [6, 6.07) is 4.21. The van der Waals surface area contributed by atoms with Crippen LogP contribution in [-0.4, -0.2) is 13.2 Å². The molecule has 0 aliphatic carbocycles. The highest BCUT2D eigenvalue weighted by Crippen LogP contribution is 2.24. The fourth-order valence-corrected chi connectivity index (χ4v) is 1.76. The fraction of sp³-hybridized carbons (Fsp3) is 0.571. The maximum Gasteiger partial charge on any atom is 0.122 e. The number of nitrogens with two attached hydrogens (primary N) is 1. The molecule has 16 heavy (non-hydrogen) atoms. The first-order chi connectivity index (χ1) is 7.70. The summed E-state index contributed by atoms with van der Waals surface area (Å²) in [7, 11) is 0. The molecule has 0 radical (unpaired) electrons. The third-order valence-corrected chi connectivity index (χ3v) is 3.02. The van der Waals surface area contributed by atoms with Gasteiger partial charge in [0.15, 0.2) is 0 Å². The molecule has 1 rings (SSSR count). The van der Waals surface area contributed by atoms with Crippen LogP contribution in [0.4, 0.5) is 0 Å². The van der Waals surface area contributed by atoms with Gasteiger partial charge in [-0.3, -0.25) is 0 Å². The predicted octanol–water partition coefficient (Wildman–Crippen LogP) is 2.98. The molecule has 0 fully saturated rings. The molecule has 0 heterocycles. The molecule has 2 nitrogen and oxygen atoms in total. The van der Waals surface area contributed by atoms with Crippen molar-refractivity contribution in [2.75, 3.05) is 13.2 Å². The van der Waals surface area contributed by atoms with Crippen molar-refractivity contribution in [3.05, 3.63) is 28.8 Å². The van der Waals surface area contributed by atoms with E-state index in [1.807, 2.05) is 0 Å². The van der Waals surface area contributed by atoms with E-state index in [2.05, 4.69) is 32.9 Å². The van der Waals surface area contributed by atoms with E-state index in [0.29, 0.717) is 6.54 Å². The Balaban J connectivity index is 2.76. The lowest BCUT2D eigenvalue weighted by atomic mass is 10.00. The molecule has 0 aromatic heterocycles. The summed E-state index contributed by atoms with van der Waals surface area (Å²) < 4.78 is 5.76. The summed E-state index contributed by atoms with van der Waals surface area (Å²) in [5.74, 6) is 1.02. The predicted molar refractivity (Wildman–Crippen MR) is 69.1 cm³/mol. The normalized spacial score (nSPS) is 10.5. The van der Waals surface area contributed by atoms with E-state index in [0.717, 1.165) is 25.2 Å². The molecule has 90 valence electrons. The minimum atomic E-state index is 0.705. The SMILES string of the molecule is CCCCOc1ccc(CCN)c(C)c1C. The van der Waals surface area contributed by atoms with Crippen molar-refractivity contribution in [2.24, 2.45) is 5.73 Å². The minimum absolute atomic E-state index is 0.705. The highest BCUT2D eigenvalue weighted by molar-refractivity contribution is 5.43. The molecular weight excluding hydrogens is 198 g/mol. The van der Waals surface area contributed by atoms with Crippen LogP contribution in [0.1, 0.15) is 36.5 Å². The fourth-order valence-electron chi connectivity index (χ4n) is 1.76. The number of unbranched alkanes of at least 4 members (excludes halogenated alkanes) is 1. The van der Waals surface area contributed by atoms with Crippen molar-refractivity contribution in [3.63, 3.8) is 0 Å². The Morgan fingerprint density at radius 1 is 1.19 bits per heavy atom. The van der Waals surface area contributed by atoms with Gasteiger partial charge < -0.3 is 10.5 Å². The van der Waals surface area contributed by atoms with Crippen LogP contribution >= 0.6 is 0 Å². The smallest absolute Gasteiger partial charge is 0.122 e. The van der Waals surface area contributed by atoms with Gasteiger partial charge >= 0.3 is 0 Å². The zero-order valence-corrected chi connectivity index (χ0v) is 10.7. The third kappa shape index (κ3) is 3.24. The molecular formula is C14H23NO. The highest BCUT2D eigenvalue weighted by Gasteiger charge is 2.06. The summed E-state index contributed by atoms with van der Waals surface area (Å²) in [6.07, 6.45) is 3.23. The molecule has 0 atom stereocenters. The summed E-state index contributed by atoms with van der Waals surface area (Å²) in [5.41, 5.74) is 9.49. The Bertz CT molecular complexity index is 334. The molecule has 0 aliphatic rings. The van der Waals surface area contributed by atoms with Gasteiger partial charge in [-0.25, -0.2) is 0 Å². The summed E-state index contributed by atoms with van der Waals surface area (Å²) >= 11 is 0. The maximum atomic E-state index is 5.76. The first kappa shape index (κ1) is 13.0. The van der Waals surface area contributed by atoms with E-state index in [4.69, 9.17) is 10.5 Å². The van der Waals surface area contributed by atoms with Gasteiger partial charge in [-0.2, -0.15) is 0 Å². The zero-order valence-electron chi connectivity index (χ0n) is 10.7. The molecule has 0 aliphatic heterocycles.